The van der Waals surface area contributed by atoms with E-state index in [-0.39, 0.29) is 11.9 Å². The van der Waals surface area contributed by atoms with E-state index in [2.05, 4.69) is 39.9 Å². The number of unbranched alkanes of at least 4 members (excludes halogenated alkanes) is 2. The first-order valence-electron chi connectivity index (χ1n) is 7.05. The molecule has 0 spiro atoms. The maximum Gasteiger partial charge on any atom is 0.224 e. The van der Waals surface area contributed by atoms with Crippen LogP contribution in [0.3, 0.4) is 0 Å². The van der Waals surface area contributed by atoms with E-state index >= 15 is 0 Å². The molecule has 0 aliphatic heterocycles. The summed E-state index contributed by atoms with van der Waals surface area (Å²) in [6, 6.07) is 0.591. The van der Waals surface area contributed by atoms with Gasteiger partial charge in [-0.15, -0.1) is 0 Å². The summed E-state index contributed by atoms with van der Waals surface area (Å²) in [7, 11) is 0. The summed E-state index contributed by atoms with van der Waals surface area (Å²) in [5, 5.41) is 3.29. The van der Waals surface area contributed by atoms with Crippen LogP contribution in [0.15, 0.2) is 0 Å². The minimum atomic E-state index is 0.278. The molecule has 0 fully saturated rings. The Hall–Kier alpha value is -0.570. The lowest BCUT2D eigenvalue weighted by Gasteiger charge is -2.28. The third kappa shape index (κ3) is 7.37. The van der Waals surface area contributed by atoms with E-state index < -0.39 is 0 Å². The molecule has 0 saturated carbocycles. The number of carbonyl (C=O) groups is 1. The molecule has 0 saturated heterocycles. The van der Waals surface area contributed by atoms with Gasteiger partial charge in [0.15, 0.2) is 0 Å². The summed E-state index contributed by atoms with van der Waals surface area (Å²) in [4.78, 5) is 14.2. The van der Waals surface area contributed by atoms with Crippen LogP contribution in [-0.4, -0.2) is 36.0 Å². The van der Waals surface area contributed by atoms with Crippen molar-refractivity contribution in [2.45, 2.75) is 72.4 Å². The predicted molar refractivity (Wildman–Crippen MR) is 74.1 cm³/mol. The van der Waals surface area contributed by atoms with Gasteiger partial charge in [-0.25, -0.2) is 0 Å². The van der Waals surface area contributed by atoms with Gasteiger partial charge in [-0.1, -0.05) is 26.7 Å². The van der Waals surface area contributed by atoms with Crippen LogP contribution in [0.5, 0.6) is 0 Å². The maximum atomic E-state index is 12.2. The molecule has 102 valence electrons. The molecule has 0 aliphatic rings. The van der Waals surface area contributed by atoms with Crippen LogP contribution in [0.25, 0.3) is 0 Å². The van der Waals surface area contributed by atoms with Crippen LogP contribution >= 0.6 is 0 Å². The molecule has 17 heavy (non-hydrogen) atoms. The molecule has 0 aromatic rings. The summed E-state index contributed by atoms with van der Waals surface area (Å²) >= 11 is 0. The fraction of sp³-hybridized carbons (Fsp3) is 0.929. The maximum absolute atomic E-state index is 12.2. The topological polar surface area (TPSA) is 32.3 Å². The van der Waals surface area contributed by atoms with E-state index in [0.29, 0.717) is 12.5 Å². The van der Waals surface area contributed by atoms with Crippen LogP contribution in [0.2, 0.25) is 0 Å². The number of rotatable bonds is 9. The van der Waals surface area contributed by atoms with Gasteiger partial charge in [0.25, 0.3) is 0 Å². The summed E-state index contributed by atoms with van der Waals surface area (Å²) < 4.78 is 0. The fourth-order valence-corrected chi connectivity index (χ4v) is 2.00. The van der Waals surface area contributed by atoms with Crippen LogP contribution in [0.4, 0.5) is 0 Å². The van der Waals surface area contributed by atoms with Crippen molar-refractivity contribution < 1.29 is 4.79 Å². The average Bonchev–Trinajstić information content (AvgIpc) is 2.23. The van der Waals surface area contributed by atoms with Crippen molar-refractivity contribution in [3.8, 4) is 0 Å². The summed E-state index contributed by atoms with van der Waals surface area (Å²) in [5.74, 6) is 0.282. The second kappa shape index (κ2) is 9.46. The number of carbonyl (C=O) groups excluding carboxylic acids is 1. The predicted octanol–water partition coefficient (Wildman–Crippen LogP) is 2.80. The van der Waals surface area contributed by atoms with Gasteiger partial charge in [-0.3, -0.25) is 4.79 Å². The Bertz CT molecular complexity index is 204. The van der Waals surface area contributed by atoms with Crippen molar-refractivity contribution >= 4 is 5.91 Å². The molecular formula is C14H30N2O. The smallest absolute Gasteiger partial charge is 0.224 e. The van der Waals surface area contributed by atoms with Crippen molar-refractivity contribution in [2.24, 2.45) is 0 Å². The van der Waals surface area contributed by atoms with Gasteiger partial charge in [-0.2, -0.15) is 0 Å². The van der Waals surface area contributed by atoms with Crippen molar-refractivity contribution in [1.82, 2.24) is 10.2 Å². The summed E-state index contributed by atoms with van der Waals surface area (Å²) in [6.45, 7) is 12.4. The van der Waals surface area contributed by atoms with Crippen molar-refractivity contribution in [3.63, 3.8) is 0 Å². The van der Waals surface area contributed by atoms with Gasteiger partial charge in [0, 0.05) is 25.0 Å². The Morgan fingerprint density at radius 1 is 1.18 bits per heavy atom. The largest absolute Gasteiger partial charge is 0.340 e. The van der Waals surface area contributed by atoms with E-state index in [1.54, 1.807) is 0 Å². The highest BCUT2D eigenvalue weighted by molar-refractivity contribution is 5.77. The van der Waals surface area contributed by atoms with Gasteiger partial charge in [0.2, 0.25) is 5.91 Å². The Labute approximate surface area is 107 Å². The Kier molecular flexibility index (Phi) is 9.14. The molecule has 1 amide bonds. The van der Waals surface area contributed by atoms with Crippen LogP contribution in [0, 0.1) is 0 Å². The molecule has 3 nitrogen and oxygen atoms in total. The van der Waals surface area contributed by atoms with Gasteiger partial charge in [-0.05, 0) is 33.7 Å². The van der Waals surface area contributed by atoms with Gasteiger partial charge in [0.1, 0.15) is 0 Å². The van der Waals surface area contributed by atoms with Crippen molar-refractivity contribution in [2.75, 3.05) is 13.1 Å². The molecule has 0 radical (unpaired) electrons. The number of hydrogen-bond donors (Lipinski definition) is 1. The van der Waals surface area contributed by atoms with Crippen molar-refractivity contribution in [1.29, 1.82) is 0 Å². The molecule has 1 unspecified atom stereocenters. The molecular weight excluding hydrogens is 212 g/mol. The van der Waals surface area contributed by atoms with Crippen LogP contribution in [-0.2, 0) is 4.79 Å². The molecule has 1 atom stereocenters. The van der Waals surface area contributed by atoms with Crippen LogP contribution < -0.4 is 5.32 Å². The molecule has 0 aliphatic carbocycles. The molecule has 0 aromatic carbocycles. The zero-order valence-electron chi connectivity index (χ0n) is 12.3. The van der Waals surface area contributed by atoms with E-state index in [0.717, 1.165) is 19.5 Å². The van der Waals surface area contributed by atoms with Gasteiger partial charge in [0.05, 0.1) is 0 Å². The summed E-state index contributed by atoms with van der Waals surface area (Å²) in [6.07, 6.45) is 4.14. The number of amides is 1. The Morgan fingerprint density at radius 3 is 2.29 bits per heavy atom. The fourth-order valence-electron chi connectivity index (χ4n) is 2.00. The lowest BCUT2D eigenvalue weighted by molar-refractivity contribution is -0.133. The van der Waals surface area contributed by atoms with Crippen LogP contribution in [0.1, 0.15) is 60.3 Å². The van der Waals surface area contributed by atoms with Gasteiger partial charge >= 0.3 is 0 Å². The van der Waals surface area contributed by atoms with E-state index in [1.165, 1.54) is 12.8 Å². The number of nitrogens with one attached hydrogen (secondary N) is 1. The molecule has 0 heterocycles. The highest BCUT2D eigenvalue weighted by atomic mass is 16.2. The molecule has 0 aromatic heterocycles. The normalized spacial score (nSPS) is 12.8. The number of hydrogen-bond acceptors (Lipinski definition) is 2. The molecule has 0 bridgehead atoms. The second-order valence-corrected chi connectivity index (χ2v) is 5.05. The second-order valence-electron chi connectivity index (χ2n) is 5.05. The molecule has 1 N–H and O–H groups in total. The quantitative estimate of drug-likeness (QED) is 0.631. The monoisotopic (exact) mass is 242 g/mol. The third-order valence-electron chi connectivity index (χ3n) is 2.98. The summed E-state index contributed by atoms with van der Waals surface area (Å²) in [5.41, 5.74) is 0. The first-order valence-corrected chi connectivity index (χ1v) is 7.05. The minimum absolute atomic E-state index is 0.278. The first kappa shape index (κ1) is 16.4. The first-order chi connectivity index (χ1) is 8.02. The highest BCUT2D eigenvalue weighted by Gasteiger charge is 2.18. The standard InChI is InChI=1S/C14H30N2O/c1-6-8-9-10-16(12(3)4)14(17)11-13(5)15-7-2/h12-13,15H,6-11H2,1-5H3. The van der Waals surface area contributed by atoms with E-state index in [9.17, 15) is 4.79 Å². The lowest BCUT2D eigenvalue weighted by atomic mass is 10.1. The SMILES string of the molecule is CCCCCN(C(=O)CC(C)NCC)C(C)C. The van der Waals surface area contributed by atoms with Crippen molar-refractivity contribution in [3.05, 3.63) is 0 Å². The molecule has 3 heteroatoms. The van der Waals surface area contributed by atoms with E-state index in [1.807, 2.05) is 4.90 Å². The molecule has 0 rings (SSSR count). The highest BCUT2D eigenvalue weighted by Crippen LogP contribution is 2.07. The minimum Gasteiger partial charge on any atom is -0.340 e. The zero-order valence-corrected chi connectivity index (χ0v) is 12.3. The Balaban J connectivity index is 4.14. The zero-order chi connectivity index (χ0) is 13.3. The average molecular weight is 242 g/mol. The third-order valence-corrected chi connectivity index (χ3v) is 2.98. The van der Waals surface area contributed by atoms with E-state index in [4.69, 9.17) is 0 Å². The van der Waals surface area contributed by atoms with Gasteiger partial charge < -0.3 is 10.2 Å². The number of nitrogens with zero attached hydrogens (tertiary/aromatic N) is 1. The lowest BCUT2D eigenvalue weighted by Crippen LogP contribution is -2.41. The Morgan fingerprint density at radius 2 is 1.82 bits per heavy atom.